The van der Waals surface area contributed by atoms with Crippen molar-refractivity contribution in [3.05, 3.63) is 84.3 Å². The molecule has 2 heterocycles. The summed E-state index contributed by atoms with van der Waals surface area (Å²) in [5, 5.41) is 5.55. The minimum absolute atomic E-state index is 0.365. The maximum absolute atomic E-state index is 12.3. The Hall–Kier alpha value is -4.20. The van der Waals surface area contributed by atoms with E-state index in [1.54, 1.807) is 30.5 Å². The molecule has 4 rings (SSSR count). The quantitative estimate of drug-likeness (QED) is 0.469. The first-order valence-electron chi connectivity index (χ1n) is 9.76. The van der Waals surface area contributed by atoms with Crippen molar-refractivity contribution >= 4 is 28.9 Å². The molecule has 4 aromatic rings. The highest BCUT2D eigenvalue weighted by Gasteiger charge is 2.13. The lowest BCUT2D eigenvalue weighted by molar-refractivity contribution is 0.0600. The highest BCUT2D eigenvalue weighted by Crippen LogP contribution is 2.20. The van der Waals surface area contributed by atoms with Gasteiger partial charge in [0.15, 0.2) is 5.65 Å². The summed E-state index contributed by atoms with van der Waals surface area (Å²) in [5.41, 5.74) is 3.39. The smallest absolute Gasteiger partial charge is 0.337 e. The first-order chi connectivity index (χ1) is 15.2. The second-order valence-electron chi connectivity index (χ2n) is 6.75. The van der Waals surface area contributed by atoms with E-state index in [1.807, 2.05) is 47.0 Å². The summed E-state index contributed by atoms with van der Waals surface area (Å²) < 4.78 is 6.70. The lowest BCUT2D eigenvalue weighted by Crippen LogP contribution is -2.31. The second kappa shape index (κ2) is 9.08. The van der Waals surface area contributed by atoms with Gasteiger partial charge in [0.05, 0.1) is 12.7 Å². The fraction of sp³-hybridized carbons (Fsp3) is 0.130. The highest BCUT2D eigenvalue weighted by molar-refractivity contribution is 5.93. The van der Waals surface area contributed by atoms with Crippen LogP contribution in [0.15, 0.2) is 72.9 Å². The van der Waals surface area contributed by atoms with Gasteiger partial charge in [0.1, 0.15) is 11.3 Å². The van der Waals surface area contributed by atoms with Gasteiger partial charge in [-0.3, -0.25) is 4.57 Å². The number of nitrogens with one attached hydrogen (secondary N) is 2. The molecule has 0 saturated carbocycles. The van der Waals surface area contributed by atoms with Crippen molar-refractivity contribution in [1.29, 1.82) is 0 Å². The number of benzene rings is 2. The third-order valence-electron chi connectivity index (χ3n) is 4.68. The summed E-state index contributed by atoms with van der Waals surface area (Å²) in [6, 6.07) is 19.8. The van der Waals surface area contributed by atoms with Crippen LogP contribution in [0.5, 0.6) is 0 Å². The molecular formula is C23H21N5O3. The van der Waals surface area contributed by atoms with Gasteiger partial charge >= 0.3 is 12.0 Å². The van der Waals surface area contributed by atoms with Crippen LogP contribution in [0.3, 0.4) is 0 Å². The zero-order valence-electron chi connectivity index (χ0n) is 16.9. The number of anilines is 1. The van der Waals surface area contributed by atoms with E-state index in [0.29, 0.717) is 24.2 Å². The van der Waals surface area contributed by atoms with Crippen molar-refractivity contribution in [1.82, 2.24) is 19.9 Å². The Morgan fingerprint density at radius 1 is 1.03 bits per heavy atom. The lowest BCUT2D eigenvalue weighted by Gasteiger charge is -2.10. The van der Waals surface area contributed by atoms with Gasteiger partial charge in [0.25, 0.3) is 0 Å². The number of aromatic nitrogens is 3. The Bertz CT molecular complexity index is 1220. The number of carbonyl (C=O) groups is 2. The molecule has 0 aliphatic heterocycles. The molecule has 156 valence electrons. The SMILES string of the molecule is COC(=O)c1cccc(NC(=O)NCCc2nc3cccnc3n2-c2ccccc2)c1. The van der Waals surface area contributed by atoms with Crippen LogP contribution < -0.4 is 10.6 Å². The molecule has 0 bridgehead atoms. The highest BCUT2D eigenvalue weighted by atomic mass is 16.5. The minimum atomic E-state index is -0.461. The molecule has 0 atom stereocenters. The van der Waals surface area contributed by atoms with Gasteiger partial charge in [0, 0.05) is 30.5 Å². The number of amides is 2. The second-order valence-corrected chi connectivity index (χ2v) is 6.75. The van der Waals surface area contributed by atoms with Crippen LogP contribution in [0.1, 0.15) is 16.2 Å². The van der Waals surface area contributed by atoms with E-state index in [4.69, 9.17) is 4.74 Å². The summed E-state index contributed by atoms with van der Waals surface area (Å²) in [6.07, 6.45) is 2.25. The van der Waals surface area contributed by atoms with Crippen molar-refractivity contribution in [3.63, 3.8) is 0 Å². The standard InChI is InChI=1S/C23H21N5O3/c1-31-22(29)16-7-5-8-17(15-16)26-23(30)25-14-12-20-27-19-11-6-13-24-21(19)28(20)18-9-3-2-4-10-18/h2-11,13,15H,12,14H2,1H3,(H2,25,26,30). The molecular weight excluding hydrogens is 394 g/mol. The fourth-order valence-corrected chi connectivity index (χ4v) is 3.28. The van der Waals surface area contributed by atoms with Crippen molar-refractivity contribution < 1.29 is 14.3 Å². The maximum Gasteiger partial charge on any atom is 0.337 e. The van der Waals surface area contributed by atoms with E-state index >= 15 is 0 Å². The lowest BCUT2D eigenvalue weighted by atomic mass is 10.2. The topological polar surface area (TPSA) is 98.1 Å². The molecule has 31 heavy (non-hydrogen) atoms. The molecule has 0 radical (unpaired) electrons. The molecule has 2 amide bonds. The molecule has 0 saturated heterocycles. The predicted octanol–water partition coefficient (Wildman–Crippen LogP) is 3.57. The van der Waals surface area contributed by atoms with Gasteiger partial charge in [0.2, 0.25) is 0 Å². The van der Waals surface area contributed by atoms with Crippen molar-refractivity contribution in [2.75, 3.05) is 19.0 Å². The summed E-state index contributed by atoms with van der Waals surface area (Å²) in [4.78, 5) is 33.1. The fourth-order valence-electron chi connectivity index (χ4n) is 3.28. The van der Waals surface area contributed by atoms with Crippen molar-refractivity contribution in [2.24, 2.45) is 0 Å². The van der Waals surface area contributed by atoms with Gasteiger partial charge in [-0.05, 0) is 42.5 Å². The number of pyridine rings is 1. The Morgan fingerprint density at radius 2 is 1.87 bits per heavy atom. The van der Waals surface area contributed by atoms with Crippen LogP contribution in [0.4, 0.5) is 10.5 Å². The number of nitrogens with zero attached hydrogens (tertiary/aromatic N) is 3. The normalized spacial score (nSPS) is 10.6. The summed E-state index contributed by atoms with van der Waals surface area (Å²) in [5.74, 6) is 0.338. The van der Waals surface area contributed by atoms with Gasteiger partial charge in [-0.1, -0.05) is 24.3 Å². The zero-order chi connectivity index (χ0) is 21.6. The molecule has 8 nitrogen and oxygen atoms in total. The largest absolute Gasteiger partial charge is 0.465 e. The molecule has 2 aromatic heterocycles. The average Bonchev–Trinajstić information content (AvgIpc) is 3.17. The van der Waals surface area contributed by atoms with Crippen LogP contribution in [0.2, 0.25) is 0 Å². The number of ether oxygens (including phenoxy) is 1. The molecule has 0 unspecified atom stereocenters. The summed E-state index contributed by atoms with van der Waals surface area (Å²) in [6.45, 7) is 0.374. The molecule has 0 spiro atoms. The molecule has 0 aliphatic rings. The van der Waals surface area contributed by atoms with Gasteiger partial charge < -0.3 is 15.4 Å². The number of hydrogen-bond donors (Lipinski definition) is 2. The number of esters is 1. The average molecular weight is 415 g/mol. The van der Waals surface area contributed by atoms with E-state index in [0.717, 1.165) is 22.7 Å². The van der Waals surface area contributed by atoms with Crippen molar-refractivity contribution in [3.8, 4) is 5.69 Å². The number of hydrogen-bond acceptors (Lipinski definition) is 5. The third-order valence-corrected chi connectivity index (χ3v) is 4.68. The number of urea groups is 1. The van der Waals surface area contributed by atoms with Crippen LogP contribution in [-0.4, -0.2) is 40.2 Å². The monoisotopic (exact) mass is 415 g/mol. The molecule has 0 fully saturated rings. The summed E-state index contributed by atoms with van der Waals surface area (Å²) in [7, 11) is 1.31. The number of carbonyl (C=O) groups excluding carboxylic acids is 2. The van der Waals surface area contributed by atoms with Gasteiger partial charge in [-0.2, -0.15) is 0 Å². The third kappa shape index (κ3) is 4.53. The molecule has 8 heteroatoms. The van der Waals surface area contributed by atoms with Crippen LogP contribution in [-0.2, 0) is 11.2 Å². The Kier molecular flexibility index (Phi) is 5.89. The number of fused-ring (bicyclic) bond motifs is 1. The number of imidazole rings is 1. The first-order valence-corrected chi connectivity index (χ1v) is 9.76. The molecule has 0 aliphatic carbocycles. The van der Waals surface area contributed by atoms with Gasteiger partial charge in [-0.25, -0.2) is 19.6 Å². The predicted molar refractivity (Wildman–Crippen MR) is 117 cm³/mol. The van der Waals surface area contributed by atoms with Gasteiger partial charge in [-0.15, -0.1) is 0 Å². The molecule has 2 aromatic carbocycles. The van der Waals surface area contributed by atoms with E-state index in [-0.39, 0.29) is 6.03 Å². The van der Waals surface area contributed by atoms with E-state index in [1.165, 1.54) is 7.11 Å². The van der Waals surface area contributed by atoms with Crippen molar-refractivity contribution in [2.45, 2.75) is 6.42 Å². The first kappa shape index (κ1) is 20.1. The Balaban J connectivity index is 1.44. The van der Waals surface area contributed by atoms with E-state index in [2.05, 4.69) is 20.6 Å². The van der Waals surface area contributed by atoms with E-state index < -0.39 is 5.97 Å². The summed E-state index contributed by atoms with van der Waals surface area (Å²) >= 11 is 0. The number of para-hydroxylation sites is 1. The van der Waals surface area contributed by atoms with Crippen LogP contribution >= 0.6 is 0 Å². The van der Waals surface area contributed by atoms with E-state index in [9.17, 15) is 9.59 Å². The van der Waals surface area contributed by atoms with Crippen LogP contribution in [0.25, 0.3) is 16.9 Å². The number of methoxy groups -OCH3 is 1. The molecule has 2 N–H and O–H groups in total. The Morgan fingerprint density at radius 3 is 2.68 bits per heavy atom. The Labute approximate surface area is 178 Å². The minimum Gasteiger partial charge on any atom is -0.465 e. The number of rotatable bonds is 6. The van der Waals surface area contributed by atoms with Crippen LogP contribution in [0, 0.1) is 0 Å². The zero-order valence-corrected chi connectivity index (χ0v) is 16.9. The maximum atomic E-state index is 12.3.